The highest BCUT2D eigenvalue weighted by molar-refractivity contribution is 7.89. The third-order valence-electron chi connectivity index (χ3n) is 3.42. The molecule has 0 aliphatic carbocycles. The van der Waals surface area contributed by atoms with Crippen LogP contribution in [0.2, 0.25) is 0 Å². The van der Waals surface area contributed by atoms with Crippen LogP contribution in [0, 0.1) is 13.8 Å². The Hall–Kier alpha value is -1.11. The summed E-state index contributed by atoms with van der Waals surface area (Å²) in [6.45, 7) is 7.20. The number of nitrogens with one attached hydrogen (secondary N) is 1. The molecule has 20 heavy (non-hydrogen) atoms. The average molecular weight is 300 g/mol. The van der Waals surface area contributed by atoms with Crippen molar-refractivity contribution in [2.24, 2.45) is 0 Å². The van der Waals surface area contributed by atoms with Crippen molar-refractivity contribution in [2.45, 2.75) is 51.0 Å². The minimum atomic E-state index is -3.66. The van der Waals surface area contributed by atoms with Crippen LogP contribution in [-0.2, 0) is 10.0 Å². The Kier molecular flexibility index (Phi) is 5.18. The Morgan fingerprint density at radius 3 is 2.45 bits per heavy atom. The molecule has 0 aliphatic heterocycles. The molecule has 0 spiro atoms. The zero-order chi connectivity index (χ0) is 15.6. The first kappa shape index (κ1) is 16.9. The second-order valence-corrected chi connectivity index (χ2v) is 7.29. The van der Waals surface area contributed by atoms with Gasteiger partial charge in [0.2, 0.25) is 10.0 Å². The number of anilines is 1. The van der Waals surface area contributed by atoms with Crippen LogP contribution < -0.4 is 10.5 Å². The largest absolute Gasteiger partial charge is 0.398 e. The van der Waals surface area contributed by atoms with E-state index in [4.69, 9.17) is 5.73 Å². The number of nitrogen functional groups attached to an aromatic ring is 1. The van der Waals surface area contributed by atoms with E-state index in [0.29, 0.717) is 12.1 Å². The van der Waals surface area contributed by atoms with Crippen molar-refractivity contribution < 1.29 is 13.5 Å². The Morgan fingerprint density at radius 1 is 1.35 bits per heavy atom. The number of hydrogen-bond donors (Lipinski definition) is 3. The first-order chi connectivity index (χ1) is 9.09. The Balaban J connectivity index is 2.95. The first-order valence-corrected chi connectivity index (χ1v) is 8.16. The van der Waals surface area contributed by atoms with Gasteiger partial charge in [0.05, 0.1) is 10.5 Å². The Morgan fingerprint density at radius 2 is 1.95 bits per heavy atom. The van der Waals surface area contributed by atoms with E-state index in [9.17, 15) is 13.5 Å². The van der Waals surface area contributed by atoms with Crippen LogP contribution in [0.15, 0.2) is 17.0 Å². The van der Waals surface area contributed by atoms with Crippen molar-refractivity contribution in [3.8, 4) is 0 Å². The number of aliphatic hydroxyl groups is 1. The van der Waals surface area contributed by atoms with Crippen molar-refractivity contribution in [2.75, 3.05) is 12.3 Å². The van der Waals surface area contributed by atoms with Crippen molar-refractivity contribution in [1.82, 2.24) is 4.72 Å². The van der Waals surface area contributed by atoms with Gasteiger partial charge in [-0.1, -0.05) is 13.3 Å². The molecule has 0 fully saturated rings. The van der Waals surface area contributed by atoms with Gasteiger partial charge in [0.15, 0.2) is 0 Å². The Labute approximate surface area is 121 Å². The van der Waals surface area contributed by atoms with Crippen LogP contribution >= 0.6 is 0 Å². The molecule has 1 rings (SSSR count). The van der Waals surface area contributed by atoms with Gasteiger partial charge in [-0.3, -0.25) is 0 Å². The minimum absolute atomic E-state index is 0.0179. The first-order valence-electron chi connectivity index (χ1n) is 6.68. The third kappa shape index (κ3) is 4.19. The van der Waals surface area contributed by atoms with E-state index < -0.39 is 15.6 Å². The lowest BCUT2D eigenvalue weighted by atomic mass is 10.0. The molecule has 5 nitrogen and oxygen atoms in total. The third-order valence-corrected chi connectivity index (χ3v) is 4.80. The lowest BCUT2D eigenvalue weighted by Crippen LogP contribution is -2.40. The van der Waals surface area contributed by atoms with Gasteiger partial charge in [-0.15, -0.1) is 0 Å². The molecule has 1 atom stereocenters. The van der Waals surface area contributed by atoms with E-state index in [1.165, 1.54) is 6.07 Å². The molecule has 0 bridgehead atoms. The predicted octanol–water partition coefficient (Wildman–Crippen LogP) is 1.72. The molecule has 0 saturated carbocycles. The standard InChI is InChI=1S/C14H24N2O3S/c1-5-6-14(4,17)9-16-20(18,19)12-7-10(2)11(3)13(15)8-12/h7-8,16-17H,5-6,9,15H2,1-4H3. The fourth-order valence-electron chi connectivity index (χ4n) is 1.97. The number of rotatable bonds is 6. The molecule has 0 heterocycles. The molecule has 0 amide bonds. The summed E-state index contributed by atoms with van der Waals surface area (Å²) < 4.78 is 26.9. The quantitative estimate of drug-likeness (QED) is 0.697. The maximum absolute atomic E-state index is 12.2. The molecule has 0 saturated heterocycles. The smallest absolute Gasteiger partial charge is 0.240 e. The molecule has 114 valence electrons. The summed E-state index contributed by atoms with van der Waals surface area (Å²) in [4.78, 5) is 0.130. The van der Waals surface area contributed by atoms with Gasteiger partial charge < -0.3 is 10.8 Å². The molecule has 6 heteroatoms. The van der Waals surface area contributed by atoms with E-state index in [0.717, 1.165) is 17.5 Å². The maximum atomic E-state index is 12.2. The van der Waals surface area contributed by atoms with Gasteiger partial charge in [0.1, 0.15) is 0 Å². The summed E-state index contributed by atoms with van der Waals surface area (Å²) in [5.41, 5.74) is 6.91. The molecular weight excluding hydrogens is 276 g/mol. The van der Waals surface area contributed by atoms with Crippen molar-refractivity contribution in [3.05, 3.63) is 23.3 Å². The monoisotopic (exact) mass is 300 g/mol. The molecule has 0 aliphatic rings. The number of hydrogen-bond acceptors (Lipinski definition) is 4. The maximum Gasteiger partial charge on any atom is 0.240 e. The van der Waals surface area contributed by atoms with E-state index >= 15 is 0 Å². The number of aryl methyl sites for hydroxylation is 1. The normalized spacial score (nSPS) is 15.1. The second kappa shape index (κ2) is 6.11. The number of benzene rings is 1. The van der Waals surface area contributed by atoms with Crippen LogP contribution in [0.4, 0.5) is 5.69 Å². The molecule has 0 aromatic heterocycles. The van der Waals surface area contributed by atoms with Crippen LogP contribution in [0.1, 0.15) is 37.8 Å². The lowest BCUT2D eigenvalue weighted by molar-refractivity contribution is 0.0554. The number of nitrogens with two attached hydrogens (primary N) is 1. The van der Waals surface area contributed by atoms with Crippen LogP contribution in [0.5, 0.6) is 0 Å². The molecule has 1 aromatic carbocycles. The van der Waals surface area contributed by atoms with E-state index in [1.807, 2.05) is 20.8 Å². The highest BCUT2D eigenvalue weighted by atomic mass is 32.2. The van der Waals surface area contributed by atoms with Crippen molar-refractivity contribution in [1.29, 1.82) is 0 Å². The molecule has 0 radical (unpaired) electrons. The molecular formula is C14H24N2O3S. The fraction of sp³-hybridized carbons (Fsp3) is 0.571. The summed E-state index contributed by atoms with van der Waals surface area (Å²) in [5, 5.41) is 10.0. The van der Waals surface area contributed by atoms with E-state index in [1.54, 1.807) is 13.0 Å². The van der Waals surface area contributed by atoms with E-state index in [2.05, 4.69) is 4.72 Å². The molecule has 1 unspecified atom stereocenters. The lowest BCUT2D eigenvalue weighted by Gasteiger charge is -2.23. The zero-order valence-electron chi connectivity index (χ0n) is 12.5. The molecule has 1 aromatic rings. The topological polar surface area (TPSA) is 92.4 Å². The number of sulfonamides is 1. The van der Waals surface area contributed by atoms with Gasteiger partial charge in [0.25, 0.3) is 0 Å². The van der Waals surface area contributed by atoms with E-state index in [-0.39, 0.29) is 11.4 Å². The summed E-state index contributed by atoms with van der Waals surface area (Å²) in [7, 11) is -3.66. The zero-order valence-corrected chi connectivity index (χ0v) is 13.3. The van der Waals surface area contributed by atoms with Gasteiger partial charge in [-0.05, 0) is 50.5 Å². The average Bonchev–Trinajstić information content (AvgIpc) is 2.33. The SMILES string of the molecule is CCCC(C)(O)CNS(=O)(=O)c1cc(C)c(C)c(N)c1. The van der Waals surface area contributed by atoms with Gasteiger partial charge in [-0.2, -0.15) is 0 Å². The van der Waals surface area contributed by atoms with Gasteiger partial charge in [0, 0.05) is 12.2 Å². The highest BCUT2D eigenvalue weighted by Gasteiger charge is 2.23. The predicted molar refractivity (Wildman–Crippen MR) is 81.0 cm³/mol. The van der Waals surface area contributed by atoms with Crippen LogP contribution in [0.3, 0.4) is 0 Å². The Bertz CT molecular complexity index is 557. The summed E-state index contributed by atoms with van der Waals surface area (Å²) >= 11 is 0. The van der Waals surface area contributed by atoms with Crippen LogP contribution in [-0.4, -0.2) is 25.7 Å². The van der Waals surface area contributed by atoms with Gasteiger partial charge >= 0.3 is 0 Å². The minimum Gasteiger partial charge on any atom is -0.398 e. The fourth-order valence-corrected chi connectivity index (χ4v) is 3.25. The van der Waals surface area contributed by atoms with Crippen molar-refractivity contribution >= 4 is 15.7 Å². The molecule has 4 N–H and O–H groups in total. The highest BCUT2D eigenvalue weighted by Crippen LogP contribution is 2.22. The van der Waals surface area contributed by atoms with Gasteiger partial charge in [-0.25, -0.2) is 13.1 Å². The second-order valence-electron chi connectivity index (χ2n) is 5.53. The summed E-state index contributed by atoms with van der Waals surface area (Å²) in [6, 6.07) is 3.03. The summed E-state index contributed by atoms with van der Waals surface area (Å²) in [6.07, 6.45) is 1.32. The van der Waals surface area contributed by atoms with Crippen molar-refractivity contribution in [3.63, 3.8) is 0 Å². The van der Waals surface area contributed by atoms with Crippen LogP contribution in [0.25, 0.3) is 0 Å². The summed E-state index contributed by atoms with van der Waals surface area (Å²) in [5.74, 6) is 0.